The summed E-state index contributed by atoms with van der Waals surface area (Å²) in [5.74, 6) is 0.958. The molecule has 2 heteroatoms. The predicted molar refractivity (Wildman–Crippen MR) is 97.0 cm³/mol. The van der Waals surface area contributed by atoms with Crippen LogP contribution < -0.4 is 0 Å². The van der Waals surface area contributed by atoms with Crippen LogP contribution in [-0.2, 0) is 0 Å². The summed E-state index contributed by atoms with van der Waals surface area (Å²) in [7, 11) is 0. The van der Waals surface area contributed by atoms with E-state index < -0.39 is 5.97 Å². The molecule has 0 spiro atoms. The van der Waals surface area contributed by atoms with Crippen LogP contribution in [-0.4, -0.2) is 11.1 Å². The Morgan fingerprint density at radius 3 is 1.46 bits per heavy atom. The van der Waals surface area contributed by atoms with Crippen molar-refractivity contribution in [3.8, 4) is 0 Å². The fraction of sp³-hybridized carbons (Fsp3) is 0.682. The highest BCUT2D eigenvalue weighted by molar-refractivity contribution is 5.92. The number of carboxylic acid groups (broad SMARTS) is 1. The summed E-state index contributed by atoms with van der Waals surface area (Å²) >= 11 is 0. The average Bonchev–Trinajstić information content (AvgIpc) is 3.37. The van der Waals surface area contributed by atoms with Crippen LogP contribution in [0.2, 0.25) is 0 Å². The molecule has 1 aromatic carbocycles. The molecule has 130 valence electrons. The third-order valence-electron chi connectivity index (χ3n) is 6.85. The molecule has 0 aromatic heterocycles. The van der Waals surface area contributed by atoms with Crippen molar-refractivity contribution >= 4 is 5.97 Å². The van der Waals surface area contributed by atoms with Crippen LogP contribution in [0, 0.1) is 0 Å². The van der Waals surface area contributed by atoms with Gasteiger partial charge in [-0.2, -0.15) is 0 Å². The third-order valence-corrected chi connectivity index (χ3v) is 6.85. The van der Waals surface area contributed by atoms with Crippen molar-refractivity contribution in [2.75, 3.05) is 0 Å². The summed E-state index contributed by atoms with van der Waals surface area (Å²) in [6.45, 7) is 0. The lowest BCUT2D eigenvalue weighted by Crippen LogP contribution is -2.13. The summed E-state index contributed by atoms with van der Waals surface area (Å²) < 4.78 is 0. The maximum Gasteiger partial charge on any atom is 0.336 e. The summed E-state index contributed by atoms with van der Waals surface area (Å²) in [5.41, 5.74) is 4.52. The molecular weight excluding hydrogens is 296 g/mol. The molecule has 0 bridgehead atoms. The van der Waals surface area contributed by atoms with Gasteiger partial charge >= 0.3 is 5.97 Å². The fourth-order valence-electron chi connectivity index (χ4n) is 5.57. The van der Waals surface area contributed by atoms with Crippen molar-refractivity contribution in [3.63, 3.8) is 0 Å². The molecule has 1 aromatic rings. The number of carboxylic acids is 1. The topological polar surface area (TPSA) is 37.3 Å². The third kappa shape index (κ3) is 3.00. The summed E-state index contributed by atoms with van der Waals surface area (Å²) in [6.07, 6.45) is 15.0. The van der Waals surface area contributed by atoms with Gasteiger partial charge in [0.05, 0.1) is 5.56 Å². The average molecular weight is 326 g/mol. The van der Waals surface area contributed by atoms with E-state index in [1.54, 1.807) is 0 Å². The SMILES string of the molecule is O=C(O)c1c(C2CCCC2)cc(C2CCCC2)cc1C1CCCC1. The van der Waals surface area contributed by atoms with Gasteiger partial charge < -0.3 is 5.11 Å². The van der Waals surface area contributed by atoms with Gasteiger partial charge in [0.1, 0.15) is 0 Å². The number of hydrogen-bond acceptors (Lipinski definition) is 1. The zero-order valence-corrected chi connectivity index (χ0v) is 14.7. The van der Waals surface area contributed by atoms with Gasteiger partial charge in [0.15, 0.2) is 0 Å². The Bertz CT molecular complexity index is 563. The monoisotopic (exact) mass is 326 g/mol. The van der Waals surface area contributed by atoms with Gasteiger partial charge in [0.25, 0.3) is 0 Å². The van der Waals surface area contributed by atoms with Crippen LogP contribution in [0.4, 0.5) is 0 Å². The molecular formula is C22H30O2. The van der Waals surface area contributed by atoms with Gasteiger partial charge in [0, 0.05) is 0 Å². The largest absolute Gasteiger partial charge is 0.478 e. The number of hydrogen-bond donors (Lipinski definition) is 1. The minimum Gasteiger partial charge on any atom is -0.478 e. The number of carbonyl (C=O) groups is 1. The maximum atomic E-state index is 12.2. The molecule has 3 saturated carbocycles. The van der Waals surface area contributed by atoms with Crippen LogP contribution in [0.1, 0.15) is 122 Å². The molecule has 0 heterocycles. The highest BCUT2D eigenvalue weighted by Gasteiger charge is 2.31. The first kappa shape index (κ1) is 16.2. The van der Waals surface area contributed by atoms with E-state index in [4.69, 9.17) is 0 Å². The van der Waals surface area contributed by atoms with Gasteiger partial charge in [0.2, 0.25) is 0 Å². The smallest absolute Gasteiger partial charge is 0.336 e. The Kier molecular flexibility index (Phi) is 4.65. The molecule has 0 amide bonds. The van der Waals surface area contributed by atoms with E-state index in [1.165, 1.54) is 93.7 Å². The number of aromatic carboxylic acids is 1. The van der Waals surface area contributed by atoms with Crippen LogP contribution in [0.25, 0.3) is 0 Å². The number of benzene rings is 1. The molecule has 2 nitrogen and oxygen atoms in total. The summed E-state index contributed by atoms with van der Waals surface area (Å²) in [4.78, 5) is 12.2. The van der Waals surface area contributed by atoms with E-state index >= 15 is 0 Å². The van der Waals surface area contributed by atoms with Crippen molar-refractivity contribution in [1.29, 1.82) is 0 Å². The fourth-order valence-corrected chi connectivity index (χ4v) is 5.57. The van der Waals surface area contributed by atoms with Crippen molar-refractivity contribution in [3.05, 3.63) is 34.4 Å². The zero-order chi connectivity index (χ0) is 16.5. The van der Waals surface area contributed by atoms with Gasteiger partial charge in [-0.15, -0.1) is 0 Å². The molecule has 0 aliphatic heterocycles. The Labute approximate surface area is 145 Å². The van der Waals surface area contributed by atoms with E-state index in [1.807, 2.05) is 0 Å². The van der Waals surface area contributed by atoms with Crippen LogP contribution in [0.15, 0.2) is 12.1 Å². The highest BCUT2D eigenvalue weighted by Crippen LogP contribution is 2.45. The standard InChI is InChI=1S/C22H30O2/c23-22(24)21-19(16-9-3-4-10-16)13-18(15-7-1-2-8-15)14-20(21)17-11-5-6-12-17/h13-17H,1-12H2,(H,23,24). The predicted octanol–water partition coefficient (Wildman–Crippen LogP) is 6.36. The zero-order valence-electron chi connectivity index (χ0n) is 14.7. The van der Waals surface area contributed by atoms with Crippen molar-refractivity contribution < 1.29 is 9.90 Å². The quantitative estimate of drug-likeness (QED) is 0.699. The summed E-state index contributed by atoms with van der Waals surface area (Å²) in [6, 6.07) is 4.63. The maximum absolute atomic E-state index is 12.2. The molecule has 1 N–H and O–H groups in total. The van der Waals surface area contributed by atoms with Crippen molar-refractivity contribution in [1.82, 2.24) is 0 Å². The van der Waals surface area contributed by atoms with E-state index in [0.717, 1.165) is 0 Å². The second-order valence-electron chi connectivity index (χ2n) is 8.32. The first-order valence-electron chi connectivity index (χ1n) is 10.1. The van der Waals surface area contributed by atoms with Crippen LogP contribution in [0.5, 0.6) is 0 Å². The summed E-state index contributed by atoms with van der Waals surface area (Å²) in [5, 5.41) is 10.0. The molecule has 3 aliphatic rings. The van der Waals surface area contributed by atoms with Crippen LogP contribution >= 0.6 is 0 Å². The van der Waals surface area contributed by atoms with Gasteiger partial charge in [-0.25, -0.2) is 4.79 Å². The highest BCUT2D eigenvalue weighted by atomic mass is 16.4. The minimum atomic E-state index is -0.684. The second kappa shape index (κ2) is 6.90. The first-order valence-corrected chi connectivity index (χ1v) is 10.1. The van der Waals surface area contributed by atoms with Gasteiger partial charge in [-0.1, -0.05) is 50.7 Å². The van der Waals surface area contributed by atoms with E-state index in [0.29, 0.717) is 23.3 Å². The molecule has 0 atom stereocenters. The molecule has 24 heavy (non-hydrogen) atoms. The van der Waals surface area contributed by atoms with Gasteiger partial charge in [-0.05, 0) is 73.0 Å². The van der Waals surface area contributed by atoms with Crippen LogP contribution in [0.3, 0.4) is 0 Å². The van der Waals surface area contributed by atoms with E-state index in [9.17, 15) is 9.90 Å². The molecule has 0 radical (unpaired) electrons. The van der Waals surface area contributed by atoms with Gasteiger partial charge in [-0.3, -0.25) is 0 Å². The first-order chi connectivity index (χ1) is 11.7. The second-order valence-corrected chi connectivity index (χ2v) is 8.32. The minimum absolute atomic E-state index is 0.484. The lowest BCUT2D eigenvalue weighted by Gasteiger charge is -2.23. The molecule has 4 rings (SSSR count). The van der Waals surface area contributed by atoms with Crippen molar-refractivity contribution in [2.45, 2.75) is 94.8 Å². The van der Waals surface area contributed by atoms with E-state index in [2.05, 4.69) is 12.1 Å². The molecule has 0 unspecified atom stereocenters. The van der Waals surface area contributed by atoms with Crippen molar-refractivity contribution in [2.24, 2.45) is 0 Å². The Hall–Kier alpha value is -1.31. The molecule has 3 fully saturated rings. The molecule has 3 aliphatic carbocycles. The Balaban J connectivity index is 1.83. The van der Waals surface area contributed by atoms with E-state index in [-0.39, 0.29) is 0 Å². The lowest BCUT2D eigenvalue weighted by molar-refractivity contribution is 0.0693. The normalized spacial score (nSPS) is 23.3. The lowest BCUT2D eigenvalue weighted by atomic mass is 9.81. The Morgan fingerprint density at radius 1 is 0.708 bits per heavy atom. The molecule has 0 saturated heterocycles. The Morgan fingerprint density at radius 2 is 1.08 bits per heavy atom. The number of rotatable bonds is 4.